The summed E-state index contributed by atoms with van der Waals surface area (Å²) in [5.74, 6) is -1.14. The standard InChI is InChI=1S/C20H28N4O4/c1-13-16(12-17(25)22-19(13)26)24-15-8-3-6-14(18(15)23-20(24)27)7-4-10-28-11-5-9-21-2/h3,6,8,13,16,21H,4-5,7,9-12H2,1-2H3,(H,23,27)(H,22,25,26). The number of rotatable bonds is 9. The van der Waals surface area contributed by atoms with Crippen LogP contribution in [0.5, 0.6) is 0 Å². The van der Waals surface area contributed by atoms with E-state index in [1.54, 1.807) is 11.5 Å². The number of benzene rings is 1. The SMILES string of the molecule is CNCCCOCCCc1cccc2c1[nH]c(=O)n2C1CC(=O)NC(=O)C1C. The molecule has 0 aliphatic carbocycles. The number of fused-ring (bicyclic) bond motifs is 1. The lowest BCUT2D eigenvalue weighted by Crippen LogP contribution is -2.46. The van der Waals surface area contributed by atoms with Crippen molar-refractivity contribution in [2.45, 2.75) is 38.6 Å². The first-order valence-electron chi connectivity index (χ1n) is 9.81. The van der Waals surface area contributed by atoms with Crippen molar-refractivity contribution < 1.29 is 14.3 Å². The van der Waals surface area contributed by atoms with Crippen LogP contribution in [0.1, 0.15) is 37.8 Å². The molecule has 3 N–H and O–H groups in total. The van der Waals surface area contributed by atoms with Crippen molar-refractivity contribution in [1.82, 2.24) is 20.2 Å². The van der Waals surface area contributed by atoms with Crippen LogP contribution in [0.2, 0.25) is 0 Å². The van der Waals surface area contributed by atoms with E-state index in [1.165, 1.54) is 0 Å². The first-order chi connectivity index (χ1) is 13.5. The molecular formula is C20H28N4O4. The lowest BCUT2D eigenvalue weighted by molar-refractivity contribution is -0.137. The van der Waals surface area contributed by atoms with Crippen molar-refractivity contribution in [3.63, 3.8) is 0 Å². The molecule has 2 aromatic rings. The summed E-state index contributed by atoms with van der Waals surface area (Å²) in [5.41, 5.74) is 2.25. The summed E-state index contributed by atoms with van der Waals surface area (Å²) in [6.07, 6.45) is 2.73. The van der Waals surface area contributed by atoms with Crippen LogP contribution >= 0.6 is 0 Å². The van der Waals surface area contributed by atoms with Crippen molar-refractivity contribution in [2.24, 2.45) is 5.92 Å². The van der Waals surface area contributed by atoms with E-state index in [9.17, 15) is 14.4 Å². The molecule has 1 aromatic carbocycles. The maximum Gasteiger partial charge on any atom is 0.326 e. The summed E-state index contributed by atoms with van der Waals surface area (Å²) >= 11 is 0. The van der Waals surface area contributed by atoms with Crippen LogP contribution in [-0.4, -0.2) is 48.2 Å². The summed E-state index contributed by atoms with van der Waals surface area (Å²) in [6.45, 7) is 4.08. The van der Waals surface area contributed by atoms with E-state index in [2.05, 4.69) is 15.6 Å². The van der Waals surface area contributed by atoms with Gasteiger partial charge in [0.2, 0.25) is 11.8 Å². The third-order valence-electron chi connectivity index (χ3n) is 5.27. The Balaban J connectivity index is 1.75. The van der Waals surface area contributed by atoms with E-state index >= 15 is 0 Å². The molecule has 1 aliphatic rings. The quantitative estimate of drug-likeness (QED) is 0.441. The number of para-hydroxylation sites is 1. The molecule has 2 heterocycles. The number of H-pyrrole nitrogens is 1. The molecule has 1 aromatic heterocycles. The van der Waals surface area contributed by atoms with E-state index in [0.717, 1.165) is 49.0 Å². The fraction of sp³-hybridized carbons (Fsp3) is 0.550. The number of carbonyl (C=O) groups excluding carboxylic acids is 2. The minimum absolute atomic E-state index is 0.116. The summed E-state index contributed by atoms with van der Waals surface area (Å²) in [4.78, 5) is 39.4. The third kappa shape index (κ3) is 4.34. The zero-order chi connectivity index (χ0) is 20.1. The zero-order valence-corrected chi connectivity index (χ0v) is 16.4. The molecule has 3 rings (SSSR count). The van der Waals surface area contributed by atoms with Crippen LogP contribution in [0.3, 0.4) is 0 Å². The van der Waals surface area contributed by atoms with Gasteiger partial charge in [-0.05, 0) is 44.5 Å². The molecule has 2 unspecified atom stereocenters. The van der Waals surface area contributed by atoms with Crippen LogP contribution in [0, 0.1) is 5.92 Å². The van der Waals surface area contributed by atoms with Crippen molar-refractivity contribution in [2.75, 3.05) is 26.8 Å². The van der Waals surface area contributed by atoms with Gasteiger partial charge in [0, 0.05) is 19.6 Å². The molecule has 1 fully saturated rings. The fourth-order valence-electron chi connectivity index (χ4n) is 3.72. The molecule has 0 bridgehead atoms. The van der Waals surface area contributed by atoms with Gasteiger partial charge in [-0.15, -0.1) is 0 Å². The zero-order valence-electron chi connectivity index (χ0n) is 16.4. The predicted molar refractivity (Wildman–Crippen MR) is 106 cm³/mol. The third-order valence-corrected chi connectivity index (χ3v) is 5.27. The monoisotopic (exact) mass is 388 g/mol. The van der Waals surface area contributed by atoms with Crippen molar-refractivity contribution in [3.05, 3.63) is 34.2 Å². The number of hydrogen-bond acceptors (Lipinski definition) is 5. The lowest BCUT2D eigenvalue weighted by atomic mass is 9.93. The van der Waals surface area contributed by atoms with Crippen molar-refractivity contribution in [1.29, 1.82) is 0 Å². The van der Waals surface area contributed by atoms with Gasteiger partial charge in [-0.2, -0.15) is 0 Å². The van der Waals surface area contributed by atoms with E-state index in [-0.39, 0.29) is 23.9 Å². The first-order valence-corrected chi connectivity index (χ1v) is 9.81. The minimum Gasteiger partial charge on any atom is -0.381 e. The average Bonchev–Trinajstić information content (AvgIpc) is 3.00. The molecule has 1 saturated heterocycles. The second-order valence-electron chi connectivity index (χ2n) is 7.26. The van der Waals surface area contributed by atoms with E-state index < -0.39 is 12.0 Å². The predicted octanol–water partition coefficient (Wildman–Crippen LogP) is 1.11. The highest BCUT2D eigenvalue weighted by Crippen LogP contribution is 2.28. The van der Waals surface area contributed by atoms with Gasteiger partial charge in [0.1, 0.15) is 0 Å². The van der Waals surface area contributed by atoms with Gasteiger partial charge in [0.15, 0.2) is 0 Å². The van der Waals surface area contributed by atoms with Crippen molar-refractivity contribution in [3.8, 4) is 0 Å². The molecule has 0 saturated carbocycles. The number of amides is 2. The number of imide groups is 1. The average molecular weight is 388 g/mol. The molecule has 0 spiro atoms. The molecule has 2 amide bonds. The summed E-state index contributed by atoms with van der Waals surface area (Å²) in [6, 6.07) is 5.28. The summed E-state index contributed by atoms with van der Waals surface area (Å²) in [5, 5.41) is 5.42. The molecule has 8 nitrogen and oxygen atoms in total. The maximum atomic E-state index is 12.7. The Hall–Kier alpha value is -2.45. The Morgan fingerprint density at radius 1 is 1.21 bits per heavy atom. The number of nitrogens with zero attached hydrogens (tertiary/aromatic N) is 1. The van der Waals surface area contributed by atoms with Crippen LogP contribution < -0.4 is 16.3 Å². The van der Waals surface area contributed by atoms with Gasteiger partial charge in [0.25, 0.3) is 0 Å². The largest absolute Gasteiger partial charge is 0.381 e. The molecule has 1 aliphatic heterocycles. The number of carbonyl (C=O) groups is 2. The Kier molecular flexibility index (Phi) is 6.64. The Morgan fingerprint density at radius 2 is 2.00 bits per heavy atom. The Bertz CT molecular complexity index is 901. The summed E-state index contributed by atoms with van der Waals surface area (Å²) in [7, 11) is 1.92. The van der Waals surface area contributed by atoms with Crippen molar-refractivity contribution >= 4 is 22.8 Å². The number of imidazole rings is 1. The molecule has 28 heavy (non-hydrogen) atoms. The van der Waals surface area contributed by atoms with Crippen LogP contribution in [-0.2, 0) is 20.7 Å². The normalized spacial score (nSPS) is 19.9. The molecule has 0 radical (unpaired) electrons. The smallest absolute Gasteiger partial charge is 0.326 e. The number of aryl methyl sites for hydroxylation is 1. The lowest BCUT2D eigenvalue weighted by Gasteiger charge is -2.28. The van der Waals surface area contributed by atoms with Crippen LogP contribution in [0.4, 0.5) is 0 Å². The van der Waals surface area contributed by atoms with Gasteiger partial charge < -0.3 is 15.0 Å². The first kappa shape index (κ1) is 20.3. The van der Waals surface area contributed by atoms with Gasteiger partial charge in [-0.1, -0.05) is 19.1 Å². The number of aromatic amines is 1. The van der Waals surface area contributed by atoms with Gasteiger partial charge in [-0.3, -0.25) is 19.5 Å². The Morgan fingerprint density at radius 3 is 2.79 bits per heavy atom. The van der Waals surface area contributed by atoms with Crippen LogP contribution in [0.15, 0.2) is 23.0 Å². The van der Waals surface area contributed by atoms with E-state index in [0.29, 0.717) is 6.61 Å². The number of piperidine rings is 1. The molecule has 152 valence electrons. The van der Waals surface area contributed by atoms with Gasteiger partial charge in [-0.25, -0.2) is 4.79 Å². The highest BCUT2D eigenvalue weighted by molar-refractivity contribution is 5.99. The minimum atomic E-state index is -0.478. The van der Waals surface area contributed by atoms with Gasteiger partial charge >= 0.3 is 5.69 Å². The molecule has 2 atom stereocenters. The van der Waals surface area contributed by atoms with Crippen LogP contribution in [0.25, 0.3) is 11.0 Å². The topological polar surface area (TPSA) is 105 Å². The summed E-state index contributed by atoms with van der Waals surface area (Å²) < 4.78 is 7.20. The number of ether oxygens (including phenoxy) is 1. The molecular weight excluding hydrogens is 360 g/mol. The highest BCUT2D eigenvalue weighted by atomic mass is 16.5. The van der Waals surface area contributed by atoms with Gasteiger partial charge in [0.05, 0.1) is 23.0 Å². The molecule has 8 heteroatoms. The number of nitrogens with one attached hydrogen (secondary N) is 3. The second-order valence-corrected chi connectivity index (χ2v) is 7.26. The Labute approximate surface area is 163 Å². The van der Waals surface area contributed by atoms with E-state index in [1.807, 2.05) is 25.2 Å². The highest BCUT2D eigenvalue weighted by Gasteiger charge is 2.35. The number of hydrogen-bond donors (Lipinski definition) is 3. The fourth-order valence-corrected chi connectivity index (χ4v) is 3.72. The maximum absolute atomic E-state index is 12.7. The second kappa shape index (κ2) is 9.16. The number of aromatic nitrogens is 2. The van der Waals surface area contributed by atoms with E-state index in [4.69, 9.17) is 4.74 Å².